The minimum absolute atomic E-state index is 0.0263. The molecule has 0 aliphatic heterocycles. The van der Waals surface area contributed by atoms with Crippen molar-refractivity contribution in [1.82, 2.24) is 0 Å². The summed E-state index contributed by atoms with van der Waals surface area (Å²) in [6, 6.07) is 0. The third kappa shape index (κ3) is 8.90. The molecule has 0 saturated carbocycles. The van der Waals surface area contributed by atoms with Crippen LogP contribution in [0.1, 0.15) is 52.9 Å². The van der Waals surface area contributed by atoms with Crippen molar-refractivity contribution in [2.75, 3.05) is 26.4 Å². The van der Waals surface area contributed by atoms with E-state index in [1.54, 1.807) is 0 Å². The Morgan fingerprint density at radius 3 is 1.76 bits per heavy atom. The van der Waals surface area contributed by atoms with Gasteiger partial charge in [0.15, 0.2) is 0 Å². The fourth-order valence-corrected chi connectivity index (χ4v) is 2.27. The lowest BCUT2D eigenvalue weighted by atomic mass is 9.81. The normalized spacial score (nSPS) is 11.4. The molecule has 0 aromatic rings. The van der Waals surface area contributed by atoms with Crippen LogP contribution in [0.2, 0.25) is 0 Å². The van der Waals surface area contributed by atoms with Crippen molar-refractivity contribution in [3.8, 4) is 0 Å². The van der Waals surface area contributed by atoms with Gasteiger partial charge in [-0.15, -0.1) is 6.58 Å². The van der Waals surface area contributed by atoms with Crippen LogP contribution in [0.15, 0.2) is 37.0 Å². The highest BCUT2D eigenvalue weighted by molar-refractivity contribution is 4.95. The van der Waals surface area contributed by atoms with Crippen LogP contribution < -0.4 is 0 Å². The van der Waals surface area contributed by atoms with Gasteiger partial charge in [-0.2, -0.15) is 0 Å². The Kier molecular flexibility index (Phi) is 11.3. The SMILES string of the molecule is C=CCC(CCC)(COCC(=C)CC)COCC(=C)CC. The molecule has 0 saturated heterocycles. The van der Waals surface area contributed by atoms with Gasteiger partial charge in [0.05, 0.1) is 26.4 Å². The maximum Gasteiger partial charge on any atom is 0.0674 e. The molecule has 0 heterocycles. The number of rotatable bonds is 14. The summed E-state index contributed by atoms with van der Waals surface area (Å²) in [7, 11) is 0. The average Bonchev–Trinajstić information content (AvgIpc) is 2.47. The first-order valence-electron chi connectivity index (χ1n) is 8.13. The second kappa shape index (κ2) is 11.8. The maximum atomic E-state index is 5.89. The molecule has 0 fully saturated rings. The van der Waals surface area contributed by atoms with Crippen molar-refractivity contribution in [2.24, 2.45) is 5.41 Å². The van der Waals surface area contributed by atoms with Gasteiger partial charge in [-0.05, 0) is 25.7 Å². The molecule has 0 bridgehead atoms. The molecule has 0 aliphatic rings. The van der Waals surface area contributed by atoms with Gasteiger partial charge >= 0.3 is 0 Å². The Morgan fingerprint density at radius 2 is 1.43 bits per heavy atom. The fourth-order valence-electron chi connectivity index (χ4n) is 2.27. The van der Waals surface area contributed by atoms with Crippen LogP contribution >= 0.6 is 0 Å². The predicted molar refractivity (Wildman–Crippen MR) is 92.7 cm³/mol. The highest BCUT2D eigenvalue weighted by Crippen LogP contribution is 2.30. The third-order valence-electron chi connectivity index (χ3n) is 3.79. The summed E-state index contributed by atoms with van der Waals surface area (Å²) < 4.78 is 11.8. The van der Waals surface area contributed by atoms with Gasteiger partial charge in [-0.25, -0.2) is 0 Å². The zero-order valence-corrected chi connectivity index (χ0v) is 14.4. The fraction of sp³-hybridized carbons (Fsp3) is 0.684. The number of hydrogen-bond acceptors (Lipinski definition) is 2. The number of ether oxygens (including phenoxy) is 2. The molecular weight excluding hydrogens is 260 g/mol. The molecule has 0 aromatic heterocycles. The Hall–Kier alpha value is -0.860. The average molecular weight is 294 g/mol. The van der Waals surface area contributed by atoms with E-state index < -0.39 is 0 Å². The van der Waals surface area contributed by atoms with E-state index in [0.717, 1.165) is 43.3 Å². The van der Waals surface area contributed by atoms with Gasteiger partial charge in [0.1, 0.15) is 0 Å². The van der Waals surface area contributed by atoms with E-state index in [2.05, 4.69) is 40.5 Å². The molecule has 0 atom stereocenters. The topological polar surface area (TPSA) is 18.5 Å². The standard InChI is InChI=1S/C19H34O2/c1-7-11-19(12-8-2,15-20-13-17(5)9-3)16-21-14-18(6)10-4/h7H,1,5-6,8-16H2,2-4H3. The minimum Gasteiger partial charge on any atom is -0.376 e. The van der Waals surface area contributed by atoms with Crippen LogP contribution in [-0.2, 0) is 9.47 Å². The van der Waals surface area contributed by atoms with E-state index in [0.29, 0.717) is 26.4 Å². The zero-order chi connectivity index (χ0) is 16.1. The Balaban J connectivity index is 4.53. The molecule has 0 amide bonds. The third-order valence-corrected chi connectivity index (χ3v) is 3.79. The zero-order valence-electron chi connectivity index (χ0n) is 14.4. The summed E-state index contributed by atoms with van der Waals surface area (Å²) in [5.41, 5.74) is 2.30. The molecule has 0 unspecified atom stereocenters. The largest absolute Gasteiger partial charge is 0.376 e. The summed E-state index contributed by atoms with van der Waals surface area (Å²) >= 11 is 0. The quantitative estimate of drug-likeness (QED) is 0.404. The predicted octanol–water partition coefficient (Wildman–Crippen LogP) is 5.31. The molecular formula is C19H34O2. The van der Waals surface area contributed by atoms with E-state index in [1.165, 1.54) is 0 Å². The lowest BCUT2D eigenvalue weighted by Gasteiger charge is -2.32. The van der Waals surface area contributed by atoms with Crippen molar-refractivity contribution in [2.45, 2.75) is 52.9 Å². The van der Waals surface area contributed by atoms with Crippen molar-refractivity contribution < 1.29 is 9.47 Å². The van der Waals surface area contributed by atoms with Crippen molar-refractivity contribution >= 4 is 0 Å². The summed E-state index contributed by atoms with van der Waals surface area (Å²) in [5.74, 6) is 0. The first-order chi connectivity index (χ1) is 10.0. The highest BCUT2D eigenvalue weighted by Gasteiger charge is 2.29. The van der Waals surface area contributed by atoms with Crippen LogP contribution in [0.5, 0.6) is 0 Å². The Labute approximate surface area is 131 Å². The van der Waals surface area contributed by atoms with Crippen LogP contribution in [0, 0.1) is 5.41 Å². The van der Waals surface area contributed by atoms with Gasteiger partial charge < -0.3 is 9.47 Å². The summed E-state index contributed by atoms with van der Waals surface area (Å²) in [6.45, 7) is 21.0. The molecule has 2 heteroatoms. The Morgan fingerprint density at radius 1 is 0.952 bits per heavy atom. The highest BCUT2D eigenvalue weighted by atomic mass is 16.5. The summed E-state index contributed by atoms with van der Waals surface area (Å²) in [4.78, 5) is 0. The van der Waals surface area contributed by atoms with Gasteiger partial charge in [0.25, 0.3) is 0 Å². The molecule has 0 aliphatic carbocycles. The first kappa shape index (κ1) is 20.1. The van der Waals surface area contributed by atoms with Crippen LogP contribution in [0.25, 0.3) is 0 Å². The second-order valence-electron chi connectivity index (χ2n) is 5.94. The van der Waals surface area contributed by atoms with Crippen molar-refractivity contribution in [3.05, 3.63) is 37.0 Å². The summed E-state index contributed by atoms with van der Waals surface area (Å²) in [6.07, 6.45) is 7.02. The van der Waals surface area contributed by atoms with Gasteiger partial charge in [-0.3, -0.25) is 0 Å². The number of hydrogen-bond donors (Lipinski definition) is 0. The lowest BCUT2D eigenvalue weighted by Crippen LogP contribution is -2.32. The van der Waals surface area contributed by atoms with Crippen LogP contribution in [0.4, 0.5) is 0 Å². The van der Waals surface area contributed by atoms with E-state index in [1.807, 2.05) is 6.08 Å². The molecule has 0 N–H and O–H groups in total. The van der Waals surface area contributed by atoms with Crippen molar-refractivity contribution in [1.29, 1.82) is 0 Å². The van der Waals surface area contributed by atoms with Gasteiger partial charge in [0, 0.05) is 5.41 Å². The first-order valence-corrected chi connectivity index (χ1v) is 8.13. The maximum absolute atomic E-state index is 5.89. The van der Waals surface area contributed by atoms with Crippen LogP contribution in [-0.4, -0.2) is 26.4 Å². The Bertz CT molecular complexity index is 296. The van der Waals surface area contributed by atoms with E-state index in [4.69, 9.17) is 9.47 Å². The van der Waals surface area contributed by atoms with Crippen LogP contribution in [0.3, 0.4) is 0 Å². The monoisotopic (exact) mass is 294 g/mol. The molecule has 122 valence electrons. The molecule has 0 rings (SSSR count). The molecule has 0 aromatic carbocycles. The summed E-state index contributed by atoms with van der Waals surface area (Å²) in [5, 5.41) is 0. The minimum atomic E-state index is 0.0263. The van der Waals surface area contributed by atoms with E-state index in [-0.39, 0.29) is 5.41 Å². The molecule has 0 radical (unpaired) electrons. The smallest absolute Gasteiger partial charge is 0.0674 e. The lowest BCUT2D eigenvalue weighted by molar-refractivity contribution is -0.0163. The second-order valence-corrected chi connectivity index (χ2v) is 5.94. The molecule has 2 nitrogen and oxygen atoms in total. The molecule has 21 heavy (non-hydrogen) atoms. The van der Waals surface area contributed by atoms with Gasteiger partial charge in [0.2, 0.25) is 0 Å². The van der Waals surface area contributed by atoms with Gasteiger partial charge in [-0.1, -0.05) is 57.6 Å². The van der Waals surface area contributed by atoms with Crippen molar-refractivity contribution in [3.63, 3.8) is 0 Å². The number of allylic oxidation sites excluding steroid dienone is 1. The molecule has 0 spiro atoms. The van der Waals surface area contributed by atoms with E-state index in [9.17, 15) is 0 Å². The van der Waals surface area contributed by atoms with E-state index >= 15 is 0 Å².